The SMILES string of the molecule is N[C@@H](c1cccs1)c1cc(F)ccc1Br. The Morgan fingerprint density at radius 2 is 2.13 bits per heavy atom. The topological polar surface area (TPSA) is 26.0 Å². The summed E-state index contributed by atoms with van der Waals surface area (Å²) in [6.07, 6.45) is 0. The minimum absolute atomic E-state index is 0.264. The van der Waals surface area contributed by atoms with Crippen molar-refractivity contribution in [2.24, 2.45) is 5.73 Å². The van der Waals surface area contributed by atoms with E-state index in [1.807, 2.05) is 17.5 Å². The lowest BCUT2D eigenvalue weighted by molar-refractivity contribution is 0.623. The van der Waals surface area contributed by atoms with E-state index in [1.54, 1.807) is 17.4 Å². The number of halogens is 2. The summed E-state index contributed by atoms with van der Waals surface area (Å²) < 4.78 is 13.9. The molecule has 0 unspecified atom stereocenters. The van der Waals surface area contributed by atoms with Crippen molar-refractivity contribution < 1.29 is 4.39 Å². The first-order valence-electron chi connectivity index (χ1n) is 4.42. The molecule has 2 rings (SSSR count). The third kappa shape index (κ3) is 2.27. The number of rotatable bonds is 2. The van der Waals surface area contributed by atoms with Crippen LogP contribution >= 0.6 is 27.3 Å². The highest BCUT2D eigenvalue weighted by molar-refractivity contribution is 9.10. The Hall–Kier alpha value is -0.710. The van der Waals surface area contributed by atoms with Crippen molar-refractivity contribution in [3.8, 4) is 0 Å². The van der Waals surface area contributed by atoms with Crippen molar-refractivity contribution in [1.29, 1.82) is 0 Å². The maximum Gasteiger partial charge on any atom is 0.123 e. The molecule has 0 aliphatic rings. The average Bonchev–Trinajstić information content (AvgIpc) is 2.74. The molecule has 0 saturated heterocycles. The van der Waals surface area contributed by atoms with Crippen LogP contribution in [0.3, 0.4) is 0 Å². The van der Waals surface area contributed by atoms with Crippen LogP contribution in [-0.2, 0) is 0 Å². The average molecular weight is 286 g/mol. The van der Waals surface area contributed by atoms with E-state index in [2.05, 4.69) is 15.9 Å². The van der Waals surface area contributed by atoms with E-state index in [1.165, 1.54) is 12.1 Å². The number of nitrogens with two attached hydrogens (primary N) is 1. The zero-order chi connectivity index (χ0) is 10.8. The molecule has 2 aromatic rings. The molecule has 4 heteroatoms. The Morgan fingerprint density at radius 3 is 2.80 bits per heavy atom. The van der Waals surface area contributed by atoms with Gasteiger partial charge in [0, 0.05) is 9.35 Å². The van der Waals surface area contributed by atoms with Gasteiger partial charge in [-0.05, 0) is 35.2 Å². The summed E-state index contributed by atoms with van der Waals surface area (Å²) in [5.41, 5.74) is 6.82. The molecule has 2 N–H and O–H groups in total. The van der Waals surface area contributed by atoms with E-state index in [-0.39, 0.29) is 11.9 Å². The van der Waals surface area contributed by atoms with Crippen LogP contribution < -0.4 is 5.73 Å². The first-order valence-corrected chi connectivity index (χ1v) is 6.09. The predicted molar refractivity (Wildman–Crippen MR) is 64.4 cm³/mol. The number of hydrogen-bond donors (Lipinski definition) is 1. The second-order valence-corrected chi connectivity index (χ2v) is 4.99. The van der Waals surface area contributed by atoms with E-state index in [0.717, 1.165) is 14.9 Å². The standard InChI is InChI=1S/C11H9BrFNS/c12-9-4-3-7(13)6-8(9)11(14)10-2-1-5-15-10/h1-6,11H,14H2/t11-/m1/s1. The summed E-state index contributed by atoms with van der Waals surface area (Å²) in [6.45, 7) is 0. The smallest absolute Gasteiger partial charge is 0.123 e. The van der Waals surface area contributed by atoms with Gasteiger partial charge in [-0.1, -0.05) is 22.0 Å². The van der Waals surface area contributed by atoms with Gasteiger partial charge >= 0.3 is 0 Å². The van der Waals surface area contributed by atoms with Gasteiger partial charge in [0.25, 0.3) is 0 Å². The first-order chi connectivity index (χ1) is 7.18. The Morgan fingerprint density at radius 1 is 1.33 bits per heavy atom. The van der Waals surface area contributed by atoms with Crippen LogP contribution in [0.5, 0.6) is 0 Å². The fourth-order valence-corrected chi connectivity index (χ4v) is 2.61. The molecule has 0 spiro atoms. The van der Waals surface area contributed by atoms with Gasteiger partial charge in [-0.2, -0.15) is 0 Å². The van der Waals surface area contributed by atoms with E-state index in [4.69, 9.17) is 5.73 Å². The second-order valence-electron chi connectivity index (χ2n) is 3.16. The molecule has 0 saturated carbocycles. The highest BCUT2D eigenvalue weighted by Crippen LogP contribution is 2.29. The molecule has 1 aromatic carbocycles. The van der Waals surface area contributed by atoms with Gasteiger partial charge in [0.2, 0.25) is 0 Å². The van der Waals surface area contributed by atoms with Crippen LogP contribution in [0.25, 0.3) is 0 Å². The van der Waals surface area contributed by atoms with Crippen LogP contribution in [0.4, 0.5) is 4.39 Å². The number of hydrogen-bond acceptors (Lipinski definition) is 2. The van der Waals surface area contributed by atoms with Gasteiger partial charge in [-0.3, -0.25) is 0 Å². The zero-order valence-corrected chi connectivity index (χ0v) is 10.2. The van der Waals surface area contributed by atoms with Crippen molar-refractivity contribution in [3.05, 3.63) is 56.4 Å². The van der Waals surface area contributed by atoms with Crippen molar-refractivity contribution in [2.45, 2.75) is 6.04 Å². The molecular formula is C11H9BrFNS. The highest BCUT2D eigenvalue weighted by atomic mass is 79.9. The summed E-state index contributed by atoms with van der Waals surface area (Å²) in [5, 5.41) is 1.96. The van der Waals surface area contributed by atoms with Gasteiger partial charge in [-0.25, -0.2) is 4.39 Å². The second kappa shape index (κ2) is 4.43. The lowest BCUT2D eigenvalue weighted by atomic mass is 10.1. The Kier molecular flexibility index (Phi) is 3.19. The van der Waals surface area contributed by atoms with Crippen molar-refractivity contribution >= 4 is 27.3 Å². The molecule has 0 radical (unpaired) electrons. The fourth-order valence-electron chi connectivity index (χ4n) is 1.37. The molecule has 0 aliphatic carbocycles. The normalized spacial score (nSPS) is 12.7. The Labute approximate surface area is 99.9 Å². The van der Waals surface area contributed by atoms with Gasteiger partial charge in [0.15, 0.2) is 0 Å². The zero-order valence-electron chi connectivity index (χ0n) is 7.78. The third-order valence-corrected chi connectivity index (χ3v) is 3.82. The van der Waals surface area contributed by atoms with Crippen LogP contribution in [0.1, 0.15) is 16.5 Å². The minimum Gasteiger partial charge on any atom is -0.320 e. The fraction of sp³-hybridized carbons (Fsp3) is 0.0909. The van der Waals surface area contributed by atoms with Gasteiger partial charge < -0.3 is 5.73 Å². The monoisotopic (exact) mass is 285 g/mol. The molecule has 1 atom stereocenters. The van der Waals surface area contributed by atoms with Crippen molar-refractivity contribution in [3.63, 3.8) is 0 Å². The Bertz CT molecular complexity index is 456. The Balaban J connectivity index is 2.41. The summed E-state index contributed by atoms with van der Waals surface area (Å²) >= 11 is 4.95. The van der Waals surface area contributed by atoms with Gasteiger partial charge in [0.05, 0.1) is 6.04 Å². The molecular weight excluding hydrogens is 277 g/mol. The number of thiophene rings is 1. The predicted octanol–water partition coefficient (Wildman–Crippen LogP) is 3.70. The number of benzene rings is 1. The quantitative estimate of drug-likeness (QED) is 0.895. The van der Waals surface area contributed by atoms with Crippen molar-refractivity contribution in [2.75, 3.05) is 0 Å². The molecule has 0 aliphatic heterocycles. The highest BCUT2D eigenvalue weighted by Gasteiger charge is 2.13. The summed E-state index contributed by atoms with van der Waals surface area (Å²) in [6, 6.07) is 8.18. The molecule has 1 nitrogen and oxygen atoms in total. The summed E-state index contributed by atoms with van der Waals surface area (Å²) in [5.74, 6) is -0.264. The molecule has 15 heavy (non-hydrogen) atoms. The third-order valence-electron chi connectivity index (χ3n) is 2.14. The van der Waals surface area contributed by atoms with Crippen LogP contribution in [0.2, 0.25) is 0 Å². The molecule has 78 valence electrons. The molecule has 0 amide bonds. The molecule has 1 heterocycles. The van der Waals surface area contributed by atoms with Crippen LogP contribution in [-0.4, -0.2) is 0 Å². The van der Waals surface area contributed by atoms with Gasteiger partial charge in [-0.15, -0.1) is 11.3 Å². The lowest BCUT2D eigenvalue weighted by Crippen LogP contribution is -2.11. The van der Waals surface area contributed by atoms with E-state index in [0.29, 0.717) is 0 Å². The van der Waals surface area contributed by atoms with E-state index in [9.17, 15) is 4.39 Å². The molecule has 1 aromatic heterocycles. The van der Waals surface area contributed by atoms with E-state index >= 15 is 0 Å². The summed E-state index contributed by atoms with van der Waals surface area (Å²) in [4.78, 5) is 1.03. The lowest BCUT2D eigenvalue weighted by Gasteiger charge is -2.12. The maximum atomic E-state index is 13.1. The minimum atomic E-state index is -0.268. The van der Waals surface area contributed by atoms with Crippen LogP contribution in [0, 0.1) is 5.82 Å². The van der Waals surface area contributed by atoms with E-state index < -0.39 is 0 Å². The van der Waals surface area contributed by atoms with Crippen molar-refractivity contribution in [1.82, 2.24) is 0 Å². The molecule has 0 bridgehead atoms. The van der Waals surface area contributed by atoms with Crippen LogP contribution in [0.15, 0.2) is 40.2 Å². The van der Waals surface area contributed by atoms with Gasteiger partial charge in [0.1, 0.15) is 5.82 Å². The first kappa shape index (κ1) is 10.8. The molecule has 0 fully saturated rings. The maximum absolute atomic E-state index is 13.1. The summed E-state index contributed by atoms with van der Waals surface area (Å²) in [7, 11) is 0. The largest absolute Gasteiger partial charge is 0.320 e.